The number of hydrogen-bond acceptors (Lipinski definition) is 3. The Kier molecular flexibility index (Phi) is 4.97. The number of benzene rings is 1. The summed E-state index contributed by atoms with van der Waals surface area (Å²) < 4.78 is 40.1. The average molecular weight is 379 g/mol. The quantitative estimate of drug-likeness (QED) is 0.807. The number of alkyl halides is 3. The molecule has 0 N–H and O–H groups in total. The van der Waals surface area contributed by atoms with E-state index in [0.29, 0.717) is 18.5 Å². The van der Waals surface area contributed by atoms with E-state index >= 15 is 0 Å². The van der Waals surface area contributed by atoms with Crippen LogP contribution < -0.4 is 5.56 Å². The topological polar surface area (TPSA) is 38.1 Å². The second-order valence-corrected chi connectivity index (χ2v) is 7.76. The molecule has 3 heterocycles. The van der Waals surface area contributed by atoms with Gasteiger partial charge in [-0.05, 0) is 69.3 Å². The van der Waals surface area contributed by atoms with Crippen LogP contribution in [0.4, 0.5) is 13.2 Å². The molecule has 27 heavy (non-hydrogen) atoms. The van der Waals surface area contributed by atoms with E-state index in [0.717, 1.165) is 18.6 Å². The normalized spacial score (nSPS) is 24.1. The number of aromatic nitrogens is 2. The van der Waals surface area contributed by atoms with Crippen LogP contribution in [-0.2, 0) is 12.7 Å². The standard InChI is InChI=1S/C20H24F3N3O/c21-20(22,23)15-6-7-16-17(12-15)24-13-26(19(16)27)11-8-14-4-3-10-25-9-2-1-5-18(14)25/h6-7,12-14,18H,1-5,8-11H2/t14-,18+/m0/s1. The van der Waals surface area contributed by atoms with Crippen molar-refractivity contribution < 1.29 is 13.2 Å². The van der Waals surface area contributed by atoms with E-state index in [1.54, 1.807) is 4.57 Å². The van der Waals surface area contributed by atoms with Gasteiger partial charge < -0.3 is 4.90 Å². The van der Waals surface area contributed by atoms with Crippen LogP contribution in [0.25, 0.3) is 10.9 Å². The molecule has 4 rings (SSSR count). The third-order valence-corrected chi connectivity index (χ3v) is 6.12. The molecule has 4 nitrogen and oxygen atoms in total. The van der Waals surface area contributed by atoms with Crippen molar-refractivity contribution in [3.05, 3.63) is 40.4 Å². The van der Waals surface area contributed by atoms with Crippen molar-refractivity contribution in [2.45, 2.75) is 57.3 Å². The van der Waals surface area contributed by atoms with Gasteiger partial charge >= 0.3 is 6.18 Å². The van der Waals surface area contributed by atoms with Gasteiger partial charge in [0.25, 0.3) is 5.56 Å². The Morgan fingerprint density at radius 2 is 1.93 bits per heavy atom. The van der Waals surface area contributed by atoms with Gasteiger partial charge in [-0.2, -0.15) is 13.2 Å². The summed E-state index contributed by atoms with van der Waals surface area (Å²) in [5.74, 6) is 0.578. The Labute approximate surface area is 156 Å². The first-order valence-electron chi connectivity index (χ1n) is 9.74. The number of halogens is 3. The van der Waals surface area contributed by atoms with E-state index in [9.17, 15) is 18.0 Å². The Bertz CT molecular complexity index is 875. The smallest absolute Gasteiger partial charge is 0.300 e. The molecule has 0 amide bonds. The number of nitrogens with zero attached hydrogens (tertiary/aromatic N) is 3. The fourth-order valence-corrected chi connectivity index (χ4v) is 4.71. The fourth-order valence-electron chi connectivity index (χ4n) is 4.71. The van der Waals surface area contributed by atoms with Gasteiger partial charge in [0, 0.05) is 12.6 Å². The van der Waals surface area contributed by atoms with Crippen LogP contribution in [0.2, 0.25) is 0 Å². The fraction of sp³-hybridized carbons (Fsp3) is 0.600. The highest BCUT2D eigenvalue weighted by molar-refractivity contribution is 5.78. The third-order valence-electron chi connectivity index (χ3n) is 6.12. The SMILES string of the molecule is O=c1c2ccc(C(F)(F)F)cc2ncn1CC[C@@H]1CCCN2CCCC[C@H]12. The predicted molar refractivity (Wildman–Crippen MR) is 97.6 cm³/mol. The maximum absolute atomic E-state index is 12.8. The molecule has 0 spiro atoms. The second kappa shape index (κ2) is 7.26. The molecule has 1 aromatic heterocycles. The Hall–Kier alpha value is -1.89. The predicted octanol–water partition coefficient (Wildman–Crippen LogP) is 4.07. The molecule has 2 atom stereocenters. The highest BCUT2D eigenvalue weighted by Gasteiger charge is 2.33. The van der Waals surface area contributed by atoms with E-state index in [-0.39, 0.29) is 16.5 Å². The van der Waals surface area contributed by atoms with Crippen LogP contribution >= 0.6 is 0 Å². The lowest BCUT2D eigenvalue weighted by Gasteiger charge is -2.44. The van der Waals surface area contributed by atoms with E-state index < -0.39 is 11.7 Å². The zero-order chi connectivity index (χ0) is 19.0. The van der Waals surface area contributed by atoms with Crippen molar-refractivity contribution in [3.63, 3.8) is 0 Å². The largest absolute Gasteiger partial charge is 0.416 e. The molecule has 7 heteroatoms. The molecule has 0 aliphatic carbocycles. The lowest BCUT2D eigenvalue weighted by molar-refractivity contribution is -0.137. The summed E-state index contributed by atoms with van der Waals surface area (Å²) >= 11 is 0. The maximum Gasteiger partial charge on any atom is 0.416 e. The summed E-state index contributed by atoms with van der Waals surface area (Å²) in [5.41, 5.74) is -0.938. The average Bonchev–Trinajstić information content (AvgIpc) is 2.66. The zero-order valence-corrected chi connectivity index (χ0v) is 15.2. The molecular weight excluding hydrogens is 355 g/mol. The van der Waals surface area contributed by atoms with Crippen LogP contribution in [0.5, 0.6) is 0 Å². The van der Waals surface area contributed by atoms with Gasteiger partial charge in [0.1, 0.15) is 0 Å². The Balaban J connectivity index is 1.52. The van der Waals surface area contributed by atoms with Crippen LogP contribution in [-0.4, -0.2) is 33.6 Å². The minimum atomic E-state index is -4.43. The van der Waals surface area contributed by atoms with Gasteiger partial charge in [-0.25, -0.2) is 4.98 Å². The van der Waals surface area contributed by atoms with Gasteiger partial charge in [0.15, 0.2) is 0 Å². The second-order valence-electron chi connectivity index (χ2n) is 7.76. The van der Waals surface area contributed by atoms with E-state index in [1.165, 1.54) is 57.6 Å². The van der Waals surface area contributed by atoms with E-state index in [4.69, 9.17) is 0 Å². The summed E-state index contributed by atoms with van der Waals surface area (Å²) in [6, 6.07) is 3.76. The third kappa shape index (κ3) is 3.74. The molecular formula is C20H24F3N3O. The van der Waals surface area contributed by atoms with Gasteiger partial charge in [0.05, 0.1) is 22.8 Å². The van der Waals surface area contributed by atoms with Crippen LogP contribution in [0.3, 0.4) is 0 Å². The molecule has 2 fully saturated rings. The summed E-state index contributed by atoms with van der Waals surface area (Å²) in [6.45, 7) is 2.93. The lowest BCUT2D eigenvalue weighted by Crippen LogP contribution is -2.48. The van der Waals surface area contributed by atoms with E-state index in [2.05, 4.69) is 9.88 Å². The minimum absolute atomic E-state index is 0.0993. The lowest BCUT2D eigenvalue weighted by atomic mass is 9.81. The first-order valence-corrected chi connectivity index (χ1v) is 9.74. The molecule has 0 radical (unpaired) electrons. The first-order chi connectivity index (χ1) is 12.9. The molecule has 2 aromatic rings. The molecule has 1 aromatic carbocycles. The van der Waals surface area contributed by atoms with Crippen LogP contribution in [0, 0.1) is 5.92 Å². The molecule has 2 aliphatic rings. The minimum Gasteiger partial charge on any atom is -0.300 e. The van der Waals surface area contributed by atoms with Gasteiger partial charge in [0.2, 0.25) is 0 Å². The van der Waals surface area contributed by atoms with Crippen molar-refractivity contribution in [2.24, 2.45) is 5.92 Å². The summed E-state index contributed by atoms with van der Waals surface area (Å²) in [7, 11) is 0. The van der Waals surface area contributed by atoms with Gasteiger partial charge in [-0.3, -0.25) is 9.36 Å². The van der Waals surface area contributed by atoms with Gasteiger partial charge in [-0.1, -0.05) is 6.42 Å². The van der Waals surface area contributed by atoms with Gasteiger partial charge in [-0.15, -0.1) is 0 Å². The summed E-state index contributed by atoms with van der Waals surface area (Å²) in [6.07, 6.45) is 4.04. The molecule has 0 unspecified atom stereocenters. The summed E-state index contributed by atoms with van der Waals surface area (Å²) in [4.78, 5) is 19.4. The number of aryl methyl sites for hydroxylation is 1. The van der Waals surface area contributed by atoms with Crippen molar-refractivity contribution in [1.82, 2.24) is 14.5 Å². The molecule has 0 saturated carbocycles. The van der Waals surface area contributed by atoms with Crippen LogP contribution in [0.1, 0.15) is 44.1 Å². The van der Waals surface area contributed by atoms with Crippen LogP contribution in [0.15, 0.2) is 29.3 Å². The molecule has 146 valence electrons. The van der Waals surface area contributed by atoms with Crippen molar-refractivity contribution in [1.29, 1.82) is 0 Å². The van der Waals surface area contributed by atoms with Crippen molar-refractivity contribution >= 4 is 10.9 Å². The number of hydrogen-bond donors (Lipinski definition) is 0. The molecule has 2 aliphatic heterocycles. The van der Waals surface area contributed by atoms with Crippen molar-refractivity contribution in [2.75, 3.05) is 13.1 Å². The first kappa shape index (κ1) is 18.5. The summed E-state index contributed by atoms with van der Waals surface area (Å²) in [5, 5.41) is 0.244. The monoisotopic (exact) mass is 379 g/mol. The molecule has 2 saturated heterocycles. The number of piperidine rings is 2. The Morgan fingerprint density at radius 3 is 2.74 bits per heavy atom. The van der Waals surface area contributed by atoms with E-state index in [1.807, 2.05) is 0 Å². The highest BCUT2D eigenvalue weighted by Crippen LogP contribution is 2.33. The number of rotatable bonds is 3. The van der Waals surface area contributed by atoms with Crippen molar-refractivity contribution in [3.8, 4) is 0 Å². The Morgan fingerprint density at radius 1 is 1.11 bits per heavy atom. The molecule has 0 bridgehead atoms. The maximum atomic E-state index is 12.8. The zero-order valence-electron chi connectivity index (χ0n) is 15.2. The highest BCUT2D eigenvalue weighted by atomic mass is 19.4. The number of fused-ring (bicyclic) bond motifs is 2.